The van der Waals surface area contributed by atoms with Crippen LogP contribution in [0.4, 0.5) is 13.2 Å². The number of rotatable bonds is 7. The predicted octanol–water partition coefficient (Wildman–Crippen LogP) is 2.40. The number of halogens is 4. The fourth-order valence-corrected chi connectivity index (χ4v) is 1.53. The Hall–Kier alpha value is -1.47. The summed E-state index contributed by atoms with van der Waals surface area (Å²) in [4.78, 5) is 11.4. The van der Waals surface area contributed by atoms with Gasteiger partial charge in [0.25, 0.3) is 0 Å². The first-order valence-corrected chi connectivity index (χ1v) is 6.22. The highest BCUT2D eigenvalue weighted by atomic mass is 35.5. The minimum Gasteiger partial charge on any atom is -0.406 e. The standard InChI is InChI=1S/C13H17F3N2O2.ClH/c14-13(15,16)20-11-5-2-10(3-6-11)4-7-12(19)18-9-1-8-17;/h2-3,5-6H,1,4,7-9,17H2,(H,18,19);1H. The van der Waals surface area contributed by atoms with Gasteiger partial charge in [0.1, 0.15) is 5.75 Å². The maximum Gasteiger partial charge on any atom is 0.573 e. The van der Waals surface area contributed by atoms with Gasteiger partial charge >= 0.3 is 6.36 Å². The van der Waals surface area contributed by atoms with Crippen LogP contribution in [0.2, 0.25) is 0 Å². The van der Waals surface area contributed by atoms with E-state index >= 15 is 0 Å². The van der Waals surface area contributed by atoms with Crippen molar-refractivity contribution in [1.82, 2.24) is 5.32 Å². The molecule has 0 atom stereocenters. The Bertz CT molecular complexity index is 424. The Morgan fingerprint density at radius 2 is 1.86 bits per heavy atom. The number of nitrogens with two attached hydrogens (primary N) is 1. The molecule has 4 nitrogen and oxygen atoms in total. The number of nitrogens with one attached hydrogen (secondary N) is 1. The van der Waals surface area contributed by atoms with E-state index in [1.54, 1.807) is 0 Å². The summed E-state index contributed by atoms with van der Waals surface area (Å²) in [5.41, 5.74) is 6.07. The second kappa shape index (κ2) is 9.46. The van der Waals surface area contributed by atoms with Gasteiger partial charge in [-0.15, -0.1) is 25.6 Å². The maximum atomic E-state index is 12.0. The number of carbonyl (C=O) groups excluding carboxylic acids is 1. The number of alkyl halides is 3. The van der Waals surface area contributed by atoms with Crippen molar-refractivity contribution in [1.29, 1.82) is 0 Å². The van der Waals surface area contributed by atoms with E-state index in [0.717, 1.165) is 12.0 Å². The van der Waals surface area contributed by atoms with E-state index in [1.165, 1.54) is 24.3 Å². The molecular weight excluding hydrogens is 309 g/mol. The molecule has 1 aromatic carbocycles. The van der Waals surface area contributed by atoms with E-state index < -0.39 is 6.36 Å². The molecule has 0 spiro atoms. The molecule has 0 saturated heterocycles. The van der Waals surface area contributed by atoms with Crippen LogP contribution in [0.25, 0.3) is 0 Å². The molecule has 0 aliphatic heterocycles. The van der Waals surface area contributed by atoms with Gasteiger partial charge in [-0.2, -0.15) is 0 Å². The molecule has 0 fully saturated rings. The number of hydrogen-bond acceptors (Lipinski definition) is 3. The molecule has 1 amide bonds. The van der Waals surface area contributed by atoms with Crippen molar-refractivity contribution in [3.05, 3.63) is 29.8 Å². The molecule has 0 saturated carbocycles. The number of ether oxygens (including phenoxy) is 1. The van der Waals surface area contributed by atoms with Crippen LogP contribution in [0.15, 0.2) is 24.3 Å². The number of benzene rings is 1. The number of carbonyl (C=O) groups is 1. The molecular formula is C13H18ClF3N2O2. The van der Waals surface area contributed by atoms with Crippen LogP contribution in [0.3, 0.4) is 0 Å². The predicted molar refractivity (Wildman–Crippen MR) is 75.4 cm³/mol. The molecule has 0 radical (unpaired) electrons. The molecule has 0 aromatic heterocycles. The zero-order valence-corrected chi connectivity index (χ0v) is 12.1. The van der Waals surface area contributed by atoms with Crippen LogP contribution < -0.4 is 15.8 Å². The fraction of sp³-hybridized carbons (Fsp3) is 0.462. The third kappa shape index (κ3) is 9.14. The Morgan fingerprint density at radius 3 is 2.38 bits per heavy atom. The van der Waals surface area contributed by atoms with Gasteiger partial charge < -0.3 is 15.8 Å². The van der Waals surface area contributed by atoms with E-state index in [-0.39, 0.29) is 30.5 Å². The van der Waals surface area contributed by atoms with Crippen molar-refractivity contribution in [2.75, 3.05) is 13.1 Å². The minimum absolute atomic E-state index is 0. The van der Waals surface area contributed by atoms with Crippen LogP contribution >= 0.6 is 12.4 Å². The number of aryl methyl sites for hydroxylation is 1. The molecule has 3 N–H and O–H groups in total. The molecule has 0 unspecified atom stereocenters. The van der Waals surface area contributed by atoms with Crippen molar-refractivity contribution >= 4 is 18.3 Å². The minimum atomic E-state index is -4.69. The Kier molecular flexibility index (Phi) is 8.80. The second-order valence-corrected chi connectivity index (χ2v) is 4.18. The summed E-state index contributed by atoms with van der Waals surface area (Å²) < 4.78 is 39.6. The fourth-order valence-electron chi connectivity index (χ4n) is 1.53. The Morgan fingerprint density at radius 1 is 1.24 bits per heavy atom. The van der Waals surface area contributed by atoms with Gasteiger partial charge in [0.05, 0.1) is 0 Å². The highest BCUT2D eigenvalue weighted by Crippen LogP contribution is 2.22. The smallest absolute Gasteiger partial charge is 0.406 e. The van der Waals surface area contributed by atoms with Gasteiger partial charge in [-0.3, -0.25) is 4.79 Å². The van der Waals surface area contributed by atoms with Crippen LogP contribution in [0.1, 0.15) is 18.4 Å². The molecule has 21 heavy (non-hydrogen) atoms. The number of amides is 1. The third-order valence-corrected chi connectivity index (χ3v) is 2.50. The lowest BCUT2D eigenvalue weighted by atomic mass is 10.1. The van der Waals surface area contributed by atoms with Gasteiger partial charge in [-0.25, -0.2) is 0 Å². The molecule has 0 bridgehead atoms. The average molecular weight is 327 g/mol. The highest BCUT2D eigenvalue weighted by molar-refractivity contribution is 5.85. The lowest BCUT2D eigenvalue weighted by Crippen LogP contribution is -2.26. The van der Waals surface area contributed by atoms with Crippen LogP contribution in [-0.2, 0) is 11.2 Å². The zero-order chi connectivity index (χ0) is 15.0. The van der Waals surface area contributed by atoms with Crippen molar-refractivity contribution in [2.45, 2.75) is 25.6 Å². The van der Waals surface area contributed by atoms with Gasteiger partial charge in [-0.1, -0.05) is 12.1 Å². The van der Waals surface area contributed by atoms with Crippen LogP contribution in [0, 0.1) is 0 Å². The van der Waals surface area contributed by atoms with E-state index in [4.69, 9.17) is 5.73 Å². The lowest BCUT2D eigenvalue weighted by molar-refractivity contribution is -0.274. The summed E-state index contributed by atoms with van der Waals surface area (Å²) in [6.07, 6.45) is -3.23. The first kappa shape index (κ1) is 19.5. The first-order valence-electron chi connectivity index (χ1n) is 6.22. The largest absolute Gasteiger partial charge is 0.573 e. The van der Waals surface area contributed by atoms with Gasteiger partial charge in [0, 0.05) is 13.0 Å². The van der Waals surface area contributed by atoms with Gasteiger partial charge in [0.15, 0.2) is 0 Å². The summed E-state index contributed by atoms with van der Waals surface area (Å²) in [7, 11) is 0. The van der Waals surface area contributed by atoms with Gasteiger partial charge in [-0.05, 0) is 37.1 Å². The van der Waals surface area contributed by atoms with Gasteiger partial charge in [0.2, 0.25) is 5.91 Å². The summed E-state index contributed by atoms with van der Waals surface area (Å²) in [5, 5.41) is 2.70. The SMILES string of the molecule is Cl.NCCCNC(=O)CCc1ccc(OC(F)(F)F)cc1. The molecule has 0 aliphatic carbocycles. The summed E-state index contributed by atoms with van der Waals surface area (Å²) in [6, 6.07) is 5.48. The zero-order valence-electron chi connectivity index (χ0n) is 11.3. The third-order valence-electron chi connectivity index (χ3n) is 2.50. The topological polar surface area (TPSA) is 64.3 Å². The van der Waals surface area contributed by atoms with E-state index in [1.807, 2.05) is 0 Å². The molecule has 0 aliphatic rings. The van der Waals surface area contributed by atoms with Crippen LogP contribution in [-0.4, -0.2) is 25.4 Å². The summed E-state index contributed by atoms with van der Waals surface area (Å²) >= 11 is 0. The average Bonchev–Trinajstić information content (AvgIpc) is 2.36. The monoisotopic (exact) mass is 326 g/mol. The van der Waals surface area contributed by atoms with E-state index in [2.05, 4.69) is 10.1 Å². The Balaban J connectivity index is 0.00000400. The van der Waals surface area contributed by atoms with Crippen molar-refractivity contribution in [3.63, 3.8) is 0 Å². The van der Waals surface area contributed by atoms with Crippen molar-refractivity contribution < 1.29 is 22.7 Å². The molecule has 1 rings (SSSR count). The Labute approximate surface area is 127 Å². The first-order chi connectivity index (χ1) is 9.40. The molecule has 0 heterocycles. The normalized spacial score (nSPS) is 10.7. The lowest BCUT2D eigenvalue weighted by Gasteiger charge is -2.09. The summed E-state index contributed by atoms with van der Waals surface area (Å²) in [5.74, 6) is -0.372. The van der Waals surface area contributed by atoms with E-state index in [9.17, 15) is 18.0 Å². The quantitative estimate of drug-likeness (QED) is 0.756. The summed E-state index contributed by atoms with van der Waals surface area (Å²) in [6.45, 7) is 1.05. The molecule has 120 valence electrons. The molecule has 1 aromatic rings. The molecule has 8 heteroatoms. The van der Waals surface area contributed by atoms with Crippen molar-refractivity contribution in [2.24, 2.45) is 5.73 Å². The van der Waals surface area contributed by atoms with Crippen molar-refractivity contribution in [3.8, 4) is 5.75 Å². The van der Waals surface area contributed by atoms with E-state index in [0.29, 0.717) is 19.5 Å². The maximum absolute atomic E-state index is 12.0. The highest BCUT2D eigenvalue weighted by Gasteiger charge is 2.30. The second-order valence-electron chi connectivity index (χ2n) is 4.18. The van der Waals surface area contributed by atoms with Crippen LogP contribution in [0.5, 0.6) is 5.75 Å². The number of hydrogen-bond donors (Lipinski definition) is 2.